The molecule has 5 aromatic rings. The minimum Gasteiger partial charge on any atom is -0.494 e. The van der Waals surface area contributed by atoms with E-state index in [1.54, 1.807) is 47.5 Å². The number of rotatable bonds is 10. The zero-order valence-corrected chi connectivity index (χ0v) is 21.2. The highest BCUT2D eigenvalue weighted by Gasteiger charge is 2.14. The lowest BCUT2D eigenvalue weighted by atomic mass is 10.0. The van der Waals surface area contributed by atoms with Gasteiger partial charge in [0.25, 0.3) is 5.56 Å². The number of hydrogen-bond acceptors (Lipinski definition) is 9. The first-order chi connectivity index (χ1) is 18.7. The summed E-state index contributed by atoms with van der Waals surface area (Å²) >= 11 is 0. The maximum atomic E-state index is 13.5. The molecule has 0 saturated carbocycles. The molecule has 0 spiro atoms. The molecule has 5 rings (SSSR count). The molecule has 0 aliphatic rings. The van der Waals surface area contributed by atoms with Crippen molar-refractivity contribution in [3.05, 3.63) is 101 Å². The van der Waals surface area contributed by atoms with Crippen LogP contribution < -0.4 is 10.3 Å². The second-order valence-electron chi connectivity index (χ2n) is 8.71. The molecule has 11 heteroatoms. The van der Waals surface area contributed by atoms with Crippen molar-refractivity contribution >= 4 is 0 Å². The van der Waals surface area contributed by atoms with E-state index in [1.165, 1.54) is 0 Å². The summed E-state index contributed by atoms with van der Waals surface area (Å²) in [7, 11) is 1.57. The summed E-state index contributed by atoms with van der Waals surface area (Å²) in [5.41, 5.74) is 4.04. The largest absolute Gasteiger partial charge is 0.494 e. The number of methoxy groups -OCH3 is 1. The number of aromatic nitrogens is 9. The fourth-order valence-corrected chi connectivity index (χ4v) is 4.13. The van der Waals surface area contributed by atoms with Crippen molar-refractivity contribution in [2.75, 3.05) is 7.11 Å². The second-order valence-corrected chi connectivity index (χ2v) is 8.71. The molecule has 1 aromatic carbocycles. The molecule has 0 radical (unpaired) electrons. The normalized spacial score (nSPS) is 11.0. The van der Waals surface area contributed by atoms with E-state index in [4.69, 9.17) is 4.74 Å². The van der Waals surface area contributed by atoms with E-state index < -0.39 is 0 Å². The van der Waals surface area contributed by atoms with Gasteiger partial charge < -0.3 is 4.74 Å². The molecular formula is C27H27N9O2. The van der Waals surface area contributed by atoms with Crippen LogP contribution in [0.2, 0.25) is 0 Å². The van der Waals surface area contributed by atoms with E-state index in [-0.39, 0.29) is 5.56 Å². The molecule has 4 heterocycles. The van der Waals surface area contributed by atoms with Gasteiger partial charge in [0.05, 0.1) is 31.6 Å². The Hall–Kier alpha value is -4.80. The zero-order valence-electron chi connectivity index (χ0n) is 21.2. The quantitative estimate of drug-likeness (QED) is 0.279. The molecule has 192 valence electrons. The lowest BCUT2D eigenvalue weighted by molar-refractivity contribution is 0.410. The number of nitrogens with zero attached hydrogens (tertiary/aromatic N) is 9. The van der Waals surface area contributed by atoms with Crippen molar-refractivity contribution < 1.29 is 4.74 Å². The first-order valence-corrected chi connectivity index (χ1v) is 12.4. The van der Waals surface area contributed by atoms with Crippen molar-refractivity contribution in [3.63, 3.8) is 0 Å². The maximum absolute atomic E-state index is 13.5. The Labute approximate surface area is 219 Å². The van der Waals surface area contributed by atoms with Gasteiger partial charge in [-0.1, -0.05) is 37.6 Å². The molecule has 0 atom stereocenters. The van der Waals surface area contributed by atoms with E-state index in [1.807, 2.05) is 36.4 Å². The van der Waals surface area contributed by atoms with Crippen molar-refractivity contribution in [1.82, 2.24) is 44.7 Å². The third kappa shape index (κ3) is 5.46. The van der Waals surface area contributed by atoms with E-state index in [2.05, 4.69) is 42.4 Å². The maximum Gasteiger partial charge on any atom is 0.257 e. The molecule has 0 saturated heterocycles. The van der Waals surface area contributed by atoms with Crippen molar-refractivity contribution in [2.45, 2.75) is 39.2 Å². The molecule has 4 aromatic heterocycles. The molecule has 0 bridgehead atoms. The van der Waals surface area contributed by atoms with E-state index in [0.717, 1.165) is 35.3 Å². The van der Waals surface area contributed by atoms with Crippen LogP contribution in [0.1, 0.15) is 42.7 Å². The summed E-state index contributed by atoms with van der Waals surface area (Å²) in [6.07, 6.45) is 10.8. The Morgan fingerprint density at radius 2 is 1.76 bits per heavy atom. The van der Waals surface area contributed by atoms with Crippen LogP contribution in [0.15, 0.2) is 72.3 Å². The van der Waals surface area contributed by atoms with Gasteiger partial charge in [0.15, 0.2) is 5.75 Å². The highest BCUT2D eigenvalue weighted by atomic mass is 16.5. The topological polar surface area (TPSA) is 126 Å². The van der Waals surface area contributed by atoms with Gasteiger partial charge in [-0.2, -0.15) is 4.68 Å². The van der Waals surface area contributed by atoms with Gasteiger partial charge in [0.2, 0.25) is 0 Å². The van der Waals surface area contributed by atoms with Gasteiger partial charge >= 0.3 is 0 Å². The first kappa shape index (κ1) is 24.9. The Bertz CT molecular complexity index is 1550. The van der Waals surface area contributed by atoms with Crippen molar-refractivity contribution in [1.29, 1.82) is 0 Å². The van der Waals surface area contributed by atoms with E-state index in [9.17, 15) is 4.79 Å². The fourth-order valence-electron chi connectivity index (χ4n) is 4.13. The summed E-state index contributed by atoms with van der Waals surface area (Å²) in [6.45, 7) is 2.68. The summed E-state index contributed by atoms with van der Waals surface area (Å²) in [5.74, 6) is 1.80. The number of tetrazole rings is 1. The number of benzene rings is 1. The Kier molecular flexibility index (Phi) is 7.53. The Balaban J connectivity index is 1.39. The monoisotopic (exact) mass is 509 g/mol. The van der Waals surface area contributed by atoms with Crippen LogP contribution in [-0.2, 0) is 19.4 Å². The number of hydrogen-bond donors (Lipinski definition) is 0. The molecule has 38 heavy (non-hydrogen) atoms. The minimum atomic E-state index is -0.0631. The Morgan fingerprint density at radius 3 is 2.47 bits per heavy atom. The van der Waals surface area contributed by atoms with Gasteiger partial charge in [-0.25, -0.2) is 15.0 Å². The predicted molar refractivity (Wildman–Crippen MR) is 140 cm³/mol. The smallest absolute Gasteiger partial charge is 0.257 e. The predicted octanol–water partition coefficient (Wildman–Crippen LogP) is 3.06. The lowest BCUT2D eigenvalue weighted by Crippen LogP contribution is -2.29. The second kappa shape index (κ2) is 11.5. The molecule has 0 amide bonds. The van der Waals surface area contributed by atoms with Crippen LogP contribution in [0.4, 0.5) is 0 Å². The summed E-state index contributed by atoms with van der Waals surface area (Å²) in [4.78, 5) is 31.4. The fraction of sp³-hybridized carbons (Fsp3) is 0.259. The zero-order chi connectivity index (χ0) is 26.3. The van der Waals surface area contributed by atoms with Gasteiger partial charge in [0, 0.05) is 47.7 Å². The SMILES string of the molecule is CCCCn1c(Cc2ncc(OC)cn2)ncc(Cc2ccc(-c3ccccc3-n3cnnn3)cn2)c1=O. The van der Waals surface area contributed by atoms with Crippen molar-refractivity contribution in [2.24, 2.45) is 0 Å². The van der Waals surface area contributed by atoms with Gasteiger partial charge in [0.1, 0.15) is 18.0 Å². The van der Waals surface area contributed by atoms with Crippen LogP contribution in [0.3, 0.4) is 0 Å². The van der Waals surface area contributed by atoms with Gasteiger partial charge in [-0.05, 0) is 29.0 Å². The lowest BCUT2D eigenvalue weighted by Gasteiger charge is -2.13. The number of pyridine rings is 1. The summed E-state index contributed by atoms with van der Waals surface area (Å²) < 4.78 is 8.49. The average Bonchev–Trinajstić information content (AvgIpc) is 3.50. The molecule has 0 aliphatic carbocycles. The molecular weight excluding hydrogens is 482 g/mol. The molecule has 0 fully saturated rings. The number of para-hydroxylation sites is 1. The summed E-state index contributed by atoms with van der Waals surface area (Å²) in [6, 6.07) is 11.8. The van der Waals surface area contributed by atoms with Crippen LogP contribution >= 0.6 is 0 Å². The van der Waals surface area contributed by atoms with E-state index >= 15 is 0 Å². The van der Waals surface area contributed by atoms with Crippen molar-refractivity contribution in [3.8, 4) is 22.6 Å². The van der Waals surface area contributed by atoms with E-state index in [0.29, 0.717) is 42.3 Å². The van der Waals surface area contributed by atoms with Crippen LogP contribution in [0, 0.1) is 0 Å². The highest BCUT2D eigenvalue weighted by molar-refractivity contribution is 5.72. The van der Waals surface area contributed by atoms with Gasteiger partial charge in [-0.15, -0.1) is 5.10 Å². The molecule has 0 aliphatic heterocycles. The minimum absolute atomic E-state index is 0.0631. The number of ether oxygens (including phenoxy) is 1. The third-order valence-corrected chi connectivity index (χ3v) is 6.18. The molecule has 0 N–H and O–H groups in total. The molecule has 0 unspecified atom stereocenters. The highest BCUT2D eigenvalue weighted by Crippen LogP contribution is 2.25. The van der Waals surface area contributed by atoms with Crippen LogP contribution in [-0.4, -0.2) is 51.8 Å². The summed E-state index contributed by atoms with van der Waals surface area (Å²) in [5, 5.41) is 11.5. The van der Waals surface area contributed by atoms with Gasteiger partial charge in [-0.3, -0.25) is 14.3 Å². The Morgan fingerprint density at radius 1 is 0.921 bits per heavy atom. The number of unbranched alkanes of at least 4 members (excludes halogenated alkanes) is 1. The van der Waals surface area contributed by atoms with Crippen LogP contribution in [0.5, 0.6) is 5.75 Å². The average molecular weight is 510 g/mol. The third-order valence-electron chi connectivity index (χ3n) is 6.18. The molecule has 11 nitrogen and oxygen atoms in total. The van der Waals surface area contributed by atoms with Crippen LogP contribution in [0.25, 0.3) is 16.8 Å². The first-order valence-electron chi connectivity index (χ1n) is 12.4. The standard InChI is InChI=1S/C27H27N9O2/c1-3-4-11-35-26(13-25-29-16-22(38-2)17-30-25)31-15-20(27(35)37)12-21-10-9-19(14-28-21)23-7-5-6-8-24(23)36-18-32-33-34-36/h5-10,14-18H,3-4,11-13H2,1-2H3.